The summed E-state index contributed by atoms with van der Waals surface area (Å²) in [6, 6.07) is 6.02. The molecule has 2 atom stereocenters. The van der Waals surface area contributed by atoms with Gasteiger partial charge in [-0.05, 0) is 24.5 Å². The van der Waals surface area contributed by atoms with E-state index in [0.29, 0.717) is 22.3 Å². The van der Waals surface area contributed by atoms with E-state index in [2.05, 4.69) is 11.6 Å². The van der Waals surface area contributed by atoms with Crippen LogP contribution in [0.25, 0.3) is 11.3 Å². The Morgan fingerprint density at radius 1 is 1.43 bits per heavy atom. The minimum atomic E-state index is -0.468. The lowest BCUT2D eigenvalue weighted by molar-refractivity contribution is -0.384. The van der Waals surface area contributed by atoms with Gasteiger partial charge >= 0.3 is 5.97 Å². The maximum Gasteiger partial charge on any atom is 0.309 e. The lowest BCUT2D eigenvalue weighted by Crippen LogP contribution is -2.35. The van der Waals surface area contributed by atoms with E-state index in [1.165, 1.54) is 28.4 Å². The molecule has 0 radical (unpaired) electrons. The van der Waals surface area contributed by atoms with Crippen molar-refractivity contribution in [3.05, 3.63) is 52.4 Å². The molecule has 1 aromatic heterocycles. The van der Waals surface area contributed by atoms with Gasteiger partial charge in [0.05, 0.1) is 16.5 Å². The molecule has 0 aliphatic heterocycles. The Kier molecular flexibility index (Phi) is 5.84. The van der Waals surface area contributed by atoms with Crippen LogP contribution in [-0.4, -0.2) is 34.9 Å². The molecule has 0 bridgehead atoms. The number of carbonyl (C=O) groups excluding carboxylic acids is 2. The third-order valence-corrected chi connectivity index (χ3v) is 5.32. The van der Waals surface area contributed by atoms with Crippen molar-refractivity contribution < 1.29 is 19.2 Å². The van der Waals surface area contributed by atoms with Crippen LogP contribution in [0.1, 0.15) is 13.3 Å². The molecule has 8 nitrogen and oxygen atoms in total. The molecule has 0 spiro atoms. The number of nitro benzene ring substituents is 1. The van der Waals surface area contributed by atoms with Gasteiger partial charge in [0, 0.05) is 29.6 Å². The summed E-state index contributed by atoms with van der Waals surface area (Å²) < 4.78 is 5.12. The van der Waals surface area contributed by atoms with Crippen LogP contribution in [0, 0.1) is 22.0 Å². The van der Waals surface area contributed by atoms with E-state index >= 15 is 0 Å². The Morgan fingerprint density at radius 2 is 2.11 bits per heavy atom. The summed E-state index contributed by atoms with van der Waals surface area (Å²) in [5.41, 5.74) is 1.29. The molecule has 1 fully saturated rings. The van der Waals surface area contributed by atoms with Crippen molar-refractivity contribution in [1.82, 2.24) is 4.98 Å². The molecule has 28 heavy (non-hydrogen) atoms. The minimum absolute atomic E-state index is 0.00513. The summed E-state index contributed by atoms with van der Waals surface area (Å²) >= 11 is 1.26. The fourth-order valence-electron chi connectivity index (χ4n) is 2.66. The number of thiazole rings is 1. The maximum atomic E-state index is 12.5. The minimum Gasteiger partial charge on any atom is -0.455 e. The van der Waals surface area contributed by atoms with Crippen molar-refractivity contribution in [3.8, 4) is 11.3 Å². The Hall–Kier alpha value is -3.07. The Bertz CT molecular complexity index is 909. The highest BCUT2D eigenvalue weighted by molar-refractivity contribution is 7.14. The molecule has 0 unspecified atom stereocenters. The highest BCUT2D eigenvalue weighted by atomic mass is 32.1. The summed E-state index contributed by atoms with van der Waals surface area (Å²) in [6.07, 6.45) is 2.37. The number of aromatic nitrogens is 1. The molecule has 0 N–H and O–H groups in total. The number of esters is 1. The third kappa shape index (κ3) is 4.42. The van der Waals surface area contributed by atoms with Crippen molar-refractivity contribution in [1.29, 1.82) is 0 Å². The maximum absolute atomic E-state index is 12.5. The molecule has 1 aromatic carbocycles. The van der Waals surface area contributed by atoms with Crippen molar-refractivity contribution in [3.63, 3.8) is 0 Å². The van der Waals surface area contributed by atoms with Crippen molar-refractivity contribution >= 4 is 34.0 Å². The van der Waals surface area contributed by atoms with E-state index in [0.717, 1.165) is 6.42 Å². The van der Waals surface area contributed by atoms with Crippen LogP contribution in [0.5, 0.6) is 0 Å². The predicted molar refractivity (Wildman–Crippen MR) is 105 cm³/mol. The largest absolute Gasteiger partial charge is 0.455 e. The van der Waals surface area contributed by atoms with Gasteiger partial charge in [-0.3, -0.25) is 24.6 Å². The number of benzene rings is 1. The van der Waals surface area contributed by atoms with Gasteiger partial charge in [-0.2, -0.15) is 0 Å². The second-order valence-electron chi connectivity index (χ2n) is 6.54. The van der Waals surface area contributed by atoms with Gasteiger partial charge in [0.1, 0.15) is 0 Å². The average molecular weight is 401 g/mol. The molecular formula is C19H19N3O5S. The van der Waals surface area contributed by atoms with Crippen LogP contribution >= 0.6 is 11.3 Å². The van der Waals surface area contributed by atoms with Gasteiger partial charge < -0.3 is 4.74 Å². The number of hydrogen-bond donors (Lipinski definition) is 0. The van der Waals surface area contributed by atoms with Crippen LogP contribution < -0.4 is 4.90 Å². The van der Waals surface area contributed by atoms with Crippen LogP contribution in [0.2, 0.25) is 0 Å². The smallest absolute Gasteiger partial charge is 0.309 e. The molecule has 146 valence electrons. The molecule has 1 amide bonds. The summed E-state index contributed by atoms with van der Waals surface area (Å²) in [5.74, 6) is -0.513. The first-order valence-corrected chi connectivity index (χ1v) is 9.57. The molecule has 2 aromatic rings. The zero-order valence-corrected chi connectivity index (χ0v) is 16.1. The lowest BCUT2D eigenvalue weighted by atomic mass is 10.1. The van der Waals surface area contributed by atoms with Crippen LogP contribution in [0.4, 0.5) is 10.8 Å². The SMILES string of the molecule is C=CCN(C(=O)COC(=O)[C@@H]1C[C@@H]1C)c1nc(-c2ccc([N+](=O)[O-])cc2)cs1. The van der Waals surface area contributed by atoms with Crippen molar-refractivity contribution in [2.24, 2.45) is 11.8 Å². The van der Waals surface area contributed by atoms with Gasteiger partial charge in [0.2, 0.25) is 0 Å². The van der Waals surface area contributed by atoms with Gasteiger partial charge in [0.15, 0.2) is 11.7 Å². The highest BCUT2D eigenvalue weighted by Gasteiger charge is 2.40. The van der Waals surface area contributed by atoms with E-state index in [-0.39, 0.29) is 36.6 Å². The van der Waals surface area contributed by atoms with Gasteiger partial charge in [-0.15, -0.1) is 17.9 Å². The quantitative estimate of drug-likeness (QED) is 0.291. The number of carbonyl (C=O) groups is 2. The fraction of sp³-hybridized carbons (Fsp3) is 0.316. The molecule has 1 heterocycles. The number of anilines is 1. The number of hydrogen-bond acceptors (Lipinski definition) is 7. The Balaban J connectivity index is 1.69. The van der Waals surface area contributed by atoms with E-state index in [1.54, 1.807) is 23.6 Å². The summed E-state index contributed by atoms with van der Waals surface area (Å²) in [6.45, 7) is 5.50. The van der Waals surface area contributed by atoms with Gasteiger partial charge in [-0.1, -0.05) is 13.0 Å². The first kappa shape index (κ1) is 19.7. The average Bonchev–Trinajstić information content (AvgIpc) is 3.23. The summed E-state index contributed by atoms with van der Waals surface area (Å²) in [4.78, 5) is 40.5. The predicted octanol–water partition coefficient (Wildman–Crippen LogP) is 3.44. The number of amides is 1. The Morgan fingerprint density at radius 3 is 2.68 bits per heavy atom. The second kappa shape index (κ2) is 8.30. The number of nitro groups is 1. The van der Waals surface area contributed by atoms with E-state index in [9.17, 15) is 19.7 Å². The highest BCUT2D eigenvalue weighted by Crippen LogP contribution is 2.38. The number of non-ortho nitro benzene ring substituents is 1. The molecule has 9 heteroatoms. The standard InChI is InChI=1S/C19H19N3O5S/c1-3-8-21(17(23)10-27-18(24)15-9-12(15)2)19-20-16(11-28-19)13-4-6-14(7-5-13)22(25)26/h3-7,11-12,15H,1,8-10H2,2H3/t12-,15+/m0/s1. The van der Waals surface area contributed by atoms with Gasteiger partial charge in [0.25, 0.3) is 11.6 Å². The summed E-state index contributed by atoms with van der Waals surface area (Å²) in [7, 11) is 0. The van der Waals surface area contributed by atoms with Gasteiger partial charge in [-0.25, -0.2) is 4.98 Å². The van der Waals surface area contributed by atoms with Crippen molar-refractivity contribution in [2.75, 3.05) is 18.1 Å². The summed E-state index contributed by atoms with van der Waals surface area (Å²) in [5, 5.41) is 13.0. The lowest BCUT2D eigenvalue weighted by Gasteiger charge is -2.17. The normalized spacial score (nSPS) is 17.6. The molecule has 1 saturated carbocycles. The molecule has 3 rings (SSSR count). The molecule has 0 saturated heterocycles. The Labute approximate surface area is 165 Å². The molecule has 1 aliphatic carbocycles. The number of ether oxygens (including phenoxy) is 1. The molecular weight excluding hydrogens is 382 g/mol. The van der Waals surface area contributed by atoms with Crippen LogP contribution in [-0.2, 0) is 14.3 Å². The van der Waals surface area contributed by atoms with E-state index < -0.39 is 4.92 Å². The topological polar surface area (TPSA) is 103 Å². The first-order chi connectivity index (χ1) is 13.4. The number of rotatable bonds is 8. The monoisotopic (exact) mass is 401 g/mol. The van der Waals surface area contributed by atoms with Crippen molar-refractivity contribution in [2.45, 2.75) is 13.3 Å². The third-order valence-electron chi connectivity index (χ3n) is 4.46. The number of nitrogens with zero attached hydrogens (tertiary/aromatic N) is 3. The van der Waals surface area contributed by atoms with E-state index in [1.807, 2.05) is 6.92 Å². The zero-order chi connectivity index (χ0) is 20.3. The van der Waals surface area contributed by atoms with Crippen LogP contribution in [0.3, 0.4) is 0 Å². The fourth-order valence-corrected chi connectivity index (χ4v) is 3.52. The van der Waals surface area contributed by atoms with Crippen LogP contribution in [0.15, 0.2) is 42.3 Å². The van der Waals surface area contributed by atoms with E-state index in [4.69, 9.17) is 4.74 Å². The zero-order valence-electron chi connectivity index (χ0n) is 15.2. The second-order valence-corrected chi connectivity index (χ2v) is 7.38. The first-order valence-electron chi connectivity index (χ1n) is 8.69. The molecule has 1 aliphatic rings.